The third-order valence-corrected chi connectivity index (χ3v) is 6.68. The molecule has 92 valence electrons. The predicted molar refractivity (Wildman–Crippen MR) is 94.1 cm³/mol. The summed E-state index contributed by atoms with van der Waals surface area (Å²) in [6, 6.07) is 0. The minimum Gasteiger partial charge on any atom is -0.0653 e. The van der Waals surface area contributed by atoms with Crippen molar-refractivity contribution in [1.29, 1.82) is 0 Å². The lowest BCUT2D eigenvalue weighted by Crippen LogP contribution is -2.28. The van der Waals surface area contributed by atoms with Gasteiger partial charge in [0.05, 0.1) is 7.85 Å². The molecule has 1 aromatic rings. The Balaban J connectivity index is 3.65. The van der Waals surface area contributed by atoms with Gasteiger partial charge in [0.1, 0.15) is 0 Å². The van der Waals surface area contributed by atoms with Crippen LogP contribution in [0.15, 0.2) is 0 Å². The summed E-state index contributed by atoms with van der Waals surface area (Å²) in [4.78, 5) is 0. The van der Waals surface area contributed by atoms with E-state index in [1.807, 2.05) is 0 Å². The molecular weight excluding hydrogens is 433 g/mol. The lowest BCUT2D eigenvalue weighted by atomic mass is 9.60. The van der Waals surface area contributed by atoms with Crippen LogP contribution >= 0.6 is 45.2 Å². The van der Waals surface area contributed by atoms with Crippen molar-refractivity contribution in [3.05, 3.63) is 29.4 Å². The van der Waals surface area contributed by atoms with E-state index in [4.69, 9.17) is 7.85 Å². The lowest BCUT2D eigenvalue weighted by Gasteiger charge is -2.32. The maximum absolute atomic E-state index is 6.60. The second-order valence-corrected chi connectivity index (χ2v) is 6.90. The zero-order valence-corrected chi connectivity index (χ0v) is 15.6. The molecule has 0 spiro atoms. The van der Waals surface area contributed by atoms with Crippen molar-refractivity contribution in [2.24, 2.45) is 0 Å². The van der Waals surface area contributed by atoms with Crippen molar-refractivity contribution >= 4 is 53.0 Å². The van der Waals surface area contributed by atoms with Crippen molar-refractivity contribution in [3.63, 3.8) is 0 Å². The van der Waals surface area contributed by atoms with Crippen LogP contribution < -0.4 is 0 Å². The van der Waals surface area contributed by atoms with Gasteiger partial charge in [0.25, 0.3) is 0 Å². The standard InChI is InChI=1S/C14H19BI2/c1-6-14(15,7-2)11-12(16)9(4)8(3)10(5)13(11)17/h6-7H2,1-5H3. The molecule has 0 nitrogen and oxygen atoms in total. The van der Waals surface area contributed by atoms with Crippen LogP contribution in [0.4, 0.5) is 0 Å². The molecule has 0 heterocycles. The topological polar surface area (TPSA) is 0 Å². The van der Waals surface area contributed by atoms with Gasteiger partial charge in [0, 0.05) is 7.14 Å². The first-order valence-electron chi connectivity index (χ1n) is 6.04. The van der Waals surface area contributed by atoms with E-state index in [2.05, 4.69) is 79.8 Å². The third-order valence-electron chi connectivity index (χ3n) is 3.98. The molecule has 2 radical (unpaired) electrons. The van der Waals surface area contributed by atoms with Gasteiger partial charge in [-0.2, -0.15) is 0 Å². The van der Waals surface area contributed by atoms with Crippen LogP contribution in [0.5, 0.6) is 0 Å². The van der Waals surface area contributed by atoms with Crippen molar-refractivity contribution in [2.45, 2.75) is 52.8 Å². The Labute approximate surface area is 134 Å². The molecule has 0 aliphatic carbocycles. The van der Waals surface area contributed by atoms with Gasteiger partial charge in [-0.3, -0.25) is 0 Å². The summed E-state index contributed by atoms with van der Waals surface area (Å²) in [5.74, 6) is 0. The Hall–Kier alpha value is 0.745. The van der Waals surface area contributed by atoms with Gasteiger partial charge in [-0.05, 0) is 93.5 Å². The van der Waals surface area contributed by atoms with Gasteiger partial charge in [-0.15, -0.1) is 0 Å². The van der Waals surface area contributed by atoms with Crippen molar-refractivity contribution < 1.29 is 0 Å². The lowest BCUT2D eigenvalue weighted by molar-refractivity contribution is 0.558. The summed E-state index contributed by atoms with van der Waals surface area (Å²) < 4.78 is 2.70. The largest absolute Gasteiger partial charge is 0.0811 e. The number of hydrogen-bond donors (Lipinski definition) is 0. The number of hydrogen-bond acceptors (Lipinski definition) is 0. The molecular formula is C14H19BI2. The Morgan fingerprint density at radius 3 is 1.53 bits per heavy atom. The van der Waals surface area contributed by atoms with Crippen LogP contribution in [0.25, 0.3) is 0 Å². The van der Waals surface area contributed by atoms with Crippen LogP contribution in [0.3, 0.4) is 0 Å². The smallest absolute Gasteiger partial charge is 0.0653 e. The van der Waals surface area contributed by atoms with Crippen LogP contribution in [-0.4, -0.2) is 7.85 Å². The third kappa shape index (κ3) is 2.70. The Morgan fingerprint density at radius 2 is 1.24 bits per heavy atom. The van der Waals surface area contributed by atoms with E-state index in [0.717, 1.165) is 12.8 Å². The molecule has 17 heavy (non-hydrogen) atoms. The van der Waals surface area contributed by atoms with Crippen molar-refractivity contribution in [3.8, 4) is 0 Å². The quantitative estimate of drug-likeness (QED) is 0.448. The van der Waals surface area contributed by atoms with Gasteiger partial charge in [0.2, 0.25) is 0 Å². The van der Waals surface area contributed by atoms with E-state index in [1.165, 1.54) is 29.4 Å². The highest BCUT2D eigenvalue weighted by molar-refractivity contribution is 14.1. The van der Waals surface area contributed by atoms with Crippen LogP contribution in [0.2, 0.25) is 0 Å². The average molecular weight is 452 g/mol. The van der Waals surface area contributed by atoms with E-state index in [0.29, 0.717) is 0 Å². The first-order valence-corrected chi connectivity index (χ1v) is 8.20. The molecule has 0 atom stereocenters. The fourth-order valence-electron chi connectivity index (χ4n) is 2.12. The zero-order valence-electron chi connectivity index (χ0n) is 11.2. The van der Waals surface area contributed by atoms with Crippen LogP contribution in [-0.2, 0) is 5.31 Å². The molecule has 0 amide bonds. The maximum atomic E-state index is 6.60. The van der Waals surface area contributed by atoms with E-state index in [-0.39, 0.29) is 5.31 Å². The molecule has 0 bridgehead atoms. The predicted octanol–water partition coefficient (Wildman–Crippen LogP) is 5.00. The van der Waals surface area contributed by atoms with Crippen molar-refractivity contribution in [2.75, 3.05) is 0 Å². The van der Waals surface area contributed by atoms with Gasteiger partial charge < -0.3 is 0 Å². The van der Waals surface area contributed by atoms with E-state index in [9.17, 15) is 0 Å². The highest BCUT2D eigenvalue weighted by Gasteiger charge is 2.28. The average Bonchev–Trinajstić information content (AvgIpc) is 2.33. The summed E-state index contributed by atoms with van der Waals surface area (Å²) >= 11 is 4.92. The van der Waals surface area contributed by atoms with Gasteiger partial charge >= 0.3 is 0 Å². The first-order chi connectivity index (χ1) is 7.80. The minimum absolute atomic E-state index is 0.184. The molecule has 0 aromatic heterocycles. The minimum atomic E-state index is -0.184. The zero-order chi connectivity index (χ0) is 13.4. The van der Waals surface area contributed by atoms with Gasteiger partial charge in [-0.25, -0.2) is 0 Å². The van der Waals surface area contributed by atoms with Crippen LogP contribution in [0, 0.1) is 27.9 Å². The molecule has 0 unspecified atom stereocenters. The highest BCUT2D eigenvalue weighted by Crippen LogP contribution is 2.39. The number of halogens is 2. The maximum Gasteiger partial charge on any atom is 0.0811 e. The molecule has 0 N–H and O–H groups in total. The normalized spacial score (nSPS) is 11.9. The second-order valence-electron chi connectivity index (χ2n) is 4.74. The fraction of sp³-hybridized carbons (Fsp3) is 0.571. The molecule has 0 fully saturated rings. The number of rotatable bonds is 3. The highest BCUT2D eigenvalue weighted by atomic mass is 127. The monoisotopic (exact) mass is 452 g/mol. The molecule has 0 aliphatic heterocycles. The van der Waals surface area contributed by atoms with E-state index >= 15 is 0 Å². The van der Waals surface area contributed by atoms with Gasteiger partial charge in [-0.1, -0.05) is 26.7 Å². The molecule has 0 saturated carbocycles. The van der Waals surface area contributed by atoms with Gasteiger partial charge in [0.15, 0.2) is 0 Å². The molecule has 1 rings (SSSR count). The summed E-state index contributed by atoms with van der Waals surface area (Å²) in [5, 5.41) is -0.184. The van der Waals surface area contributed by atoms with E-state index in [1.54, 1.807) is 0 Å². The Morgan fingerprint density at radius 1 is 0.882 bits per heavy atom. The first kappa shape index (κ1) is 15.8. The molecule has 3 heteroatoms. The second kappa shape index (κ2) is 5.80. The molecule has 1 aromatic carbocycles. The summed E-state index contributed by atoms with van der Waals surface area (Å²) in [5.41, 5.74) is 5.52. The SMILES string of the molecule is [B]C(CC)(CC)c1c(I)c(C)c(C)c(C)c1I. The van der Waals surface area contributed by atoms with Crippen molar-refractivity contribution in [1.82, 2.24) is 0 Å². The summed E-state index contributed by atoms with van der Waals surface area (Å²) in [6.07, 6.45) is 1.97. The molecule has 0 aliphatic rings. The Kier molecular flexibility index (Phi) is 5.39. The molecule has 0 saturated heterocycles. The van der Waals surface area contributed by atoms with E-state index < -0.39 is 0 Å². The summed E-state index contributed by atoms with van der Waals surface area (Å²) in [6.45, 7) is 11.0. The fourth-order valence-corrected chi connectivity index (χ4v) is 5.06. The summed E-state index contributed by atoms with van der Waals surface area (Å²) in [7, 11) is 6.60. The number of benzene rings is 1. The Bertz CT molecular complexity index is 405. The van der Waals surface area contributed by atoms with Crippen LogP contribution in [0.1, 0.15) is 48.9 Å².